The van der Waals surface area contributed by atoms with Gasteiger partial charge in [0, 0.05) is 24.9 Å². The number of aryl methyl sites for hydroxylation is 1. The second kappa shape index (κ2) is 8.42. The molecule has 1 aromatic heterocycles. The van der Waals surface area contributed by atoms with E-state index in [1.165, 1.54) is 18.3 Å². The van der Waals surface area contributed by atoms with Crippen LogP contribution in [-0.4, -0.2) is 42.4 Å². The second-order valence-electron chi connectivity index (χ2n) is 7.92. The fraction of sp³-hybridized carbons (Fsp3) is 0.650. The van der Waals surface area contributed by atoms with Crippen molar-refractivity contribution in [3.05, 3.63) is 16.0 Å². The fourth-order valence-electron chi connectivity index (χ4n) is 4.19. The van der Waals surface area contributed by atoms with Gasteiger partial charge in [0.2, 0.25) is 5.91 Å². The molecular weight excluding hydrogens is 364 g/mol. The van der Waals surface area contributed by atoms with Crippen LogP contribution in [0.4, 0.5) is 5.00 Å². The Balaban J connectivity index is 1.69. The van der Waals surface area contributed by atoms with Gasteiger partial charge in [0.1, 0.15) is 5.00 Å². The largest absolute Gasteiger partial charge is 0.452 e. The zero-order valence-electron chi connectivity index (χ0n) is 16.3. The number of rotatable bonds is 4. The van der Waals surface area contributed by atoms with Gasteiger partial charge in [-0.05, 0) is 49.5 Å². The van der Waals surface area contributed by atoms with Crippen LogP contribution in [0.15, 0.2) is 0 Å². The molecule has 0 radical (unpaired) electrons. The van der Waals surface area contributed by atoms with E-state index >= 15 is 0 Å². The molecule has 2 aliphatic rings. The number of piperidine rings is 1. The van der Waals surface area contributed by atoms with Crippen molar-refractivity contribution in [2.45, 2.75) is 52.9 Å². The first-order valence-electron chi connectivity index (χ1n) is 9.72. The fourth-order valence-corrected chi connectivity index (χ4v) is 5.51. The van der Waals surface area contributed by atoms with Gasteiger partial charge in [-0.2, -0.15) is 0 Å². The van der Waals surface area contributed by atoms with E-state index in [4.69, 9.17) is 4.74 Å². The molecule has 7 heteroatoms. The van der Waals surface area contributed by atoms with Crippen molar-refractivity contribution in [1.82, 2.24) is 4.90 Å². The number of ether oxygens (including phenoxy) is 1. The van der Waals surface area contributed by atoms with Crippen molar-refractivity contribution >= 4 is 34.1 Å². The van der Waals surface area contributed by atoms with Gasteiger partial charge in [0.25, 0.3) is 5.91 Å². The Morgan fingerprint density at radius 1 is 1.15 bits per heavy atom. The number of thiophene rings is 1. The number of nitrogens with one attached hydrogen (secondary N) is 1. The predicted molar refractivity (Wildman–Crippen MR) is 105 cm³/mol. The molecule has 2 atom stereocenters. The van der Waals surface area contributed by atoms with Crippen LogP contribution in [0.5, 0.6) is 0 Å². The zero-order valence-corrected chi connectivity index (χ0v) is 17.1. The molecule has 1 N–H and O–H groups in total. The first kappa shape index (κ1) is 19.9. The molecule has 2 heterocycles. The van der Waals surface area contributed by atoms with Gasteiger partial charge in [-0.15, -0.1) is 11.3 Å². The lowest BCUT2D eigenvalue weighted by molar-refractivity contribution is -0.137. The van der Waals surface area contributed by atoms with E-state index in [9.17, 15) is 14.4 Å². The average molecular weight is 393 g/mol. The molecule has 0 aromatic carbocycles. The quantitative estimate of drug-likeness (QED) is 0.798. The van der Waals surface area contributed by atoms with Gasteiger partial charge in [0.15, 0.2) is 6.61 Å². The molecule has 2 amide bonds. The van der Waals surface area contributed by atoms with E-state index in [0.29, 0.717) is 35.5 Å². The molecule has 148 valence electrons. The minimum absolute atomic E-state index is 0.146. The summed E-state index contributed by atoms with van der Waals surface area (Å²) in [4.78, 5) is 39.7. The Bertz CT molecular complexity index is 733. The number of amides is 2. The van der Waals surface area contributed by atoms with Crippen molar-refractivity contribution in [3.63, 3.8) is 0 Å². The molecular formula is C20H28N2O4S. The minimum atomic E-state index is -0.510. The average Bonchev–Trinajstić information content (AvgIpc) is 2.95. The van der Waals surface area contributed by atoms with Gasteiger partial charge >= 0.3 is 5.97 Å². The molecule has 1 aromatic rings. The van der Waals surface area contributed by atoms with Gasteiger partial charge in [0.05, 0.1) is 5.56 Å². The van der Waals surface area contributed by atoms with E-state index in [0.717, 1.165) is 42.5 Å². The van der Waals surface area contributed by atoms with Crippen LogP contribution in [-0.2, 0) is 27.2 Å². The number of likely N-dealkylation sites (tertiary alicyclic amines) is 1. The number of esters is 1. The molecule has 0 spiro atoms. The summed E-state index contributed by atoms with van der Waals surface area (Å²) in [6.45, 7) is 6.88. The van der Waals surface area contributed by atoms with Gasteiger partial charge in [-0.3, -0.25) is 9.59 Å². The van der Waals surface area contributed by atoms with Crippen LogP contribution in [0, 0.1) is 11.8 Å². The predicted octanol–water partition coefficient (Wildman–Crippen LogP) is 3.25. The SMILES string of the molecule is CC(=O)Nc1sc2c(c1C(=O)OCC(=O)N1C[C@H](C)C[C@H](C)C1)CCCC2. The smallest absolute Gasteiger partial charge is 0.341 e. The highest BCUT2D eigenvalue weighted by Gasteiger charge is 2.29. The maximum absolute atomic E-state index is 12.8. The van der Waals surface area contributed by atoms with Crippen LogP contribution >= 0.6 is 11.3 Å². The van der Waals surface area contributed by atoms with Gasteiger partial charge in [-0.25, -0.2) is 4.79 Å². The Hall–Kier alpha value is -1.89. The third-order valence-electron chi connectivity index (χ3n) is 5.21. The van der Waals surface area contributed by atoms with Crippen molar-refractivity contribution < 1.29 is 19.1 Å². The molecule has 6 nitrogen and oxygen atoms in total. The minimum Gasteiger partial charge on any atom is -0.452 e. The molecule has 27 heavy (non-hydrogen) atoms. The summed E-state index contributed by atoms with van der Waals surface area (Å²) < 4.78 is 5.39. The number of carbonyl (C=O) groups is 3. The van der Waals surface area contributed by atoms with Crippen LogP contribution in [0.1, 0.15) is 60.8 Å². The number of nitrogens with zero attached hydrogens (tertiary/aromatic N) is 1. The lowest BCUT2D eigenvalue weighted by Crippen LogP contribution is -2.44. The van der Waals surface area contributed by atoms with Crippen LogP contribution in [0.25, 0.3) is 0 Å². The van der Waals surface area contributed by atoms with E-state index in [1.807, 2.05) is 0 Å². The lowest BCUT2D eigenvalue weighted by atomic mass is 9.92. The number of fused-ring (bicyclic) bond motifs is 1. The first-order chi connectivity index (χ1) is 12.8. The molecule has 0 saturated carbocycles. The molecule has 1 fully saturated rings. The topological polar surface area (TPSA) is 75.7 Å². The van der Waals surface area contributed by atoms with Crippen LogP contribution in [0.2, 0.25) is 0 Å². The van der Waals surface area contributed by atoms with Crippen LogP contribution in [0.3, 0.4) is 0 Å². The number of anilines is 1. The summed E-state index contributed by atoms with van der Waals surface area (Å²) >= 11 is 1.45. The van der Waals surface area contributed by atoms with E-state index < -0.39 is 5.97 Å². The van der Waals surface area contributed by atoms with Gasteiger partial charge in [-0.1, -0.05) is 13.8 Å². The Morgan fingerprint density at radius 3 is 2.48 bits per heavy atom. The third kappa shape index (κ3) is 4.69. The molecule has 1 aliphatic heterocycles. The number of hydrogen-bond acceptors (Lipinski definition) is 5. The maximum atomic E-state index is 12.8. The highest BCUT2D eigenvalue weighted by Crippen LogP contribution is 2.38. The lowest BCUT2D eigenvalue weighted by Gasteiger charge is -2.34. The van der Waals surface area contributed by atoms with Crippen molar-refractivity contribution in [2.75, 3.05) is 25.0 Å². The monoisotopic (exact) mass is 392 g/mol. The Kier molecular flexibility index (Phi) is 6.19. The third-order valence-corrected chi connectivity index (χ3v) is 6.42. The van der Waals surface area contributed by atoms with E-state index in [2.05, 4.69) is 19.2 Å². The van der Waals surface area contributed by atoms with Crippen molar-refractivity contribution in [3.8, 4) is 0 Å². The highest BCUT2D eigenvalue weighted by atomic mass is 32.1. The summed E-state index contributed by atoms with van der Waals surface area (Å²) in [6, 6.07) is 0. The number of carbonyl (C=O) groups excluding carboxylic acids is 3. The summed E-state index contributed by atoms with van der Waals surface area (Å²) in [5.74, 6) is 0.0545. The summed E-state index contributed by atoms with van der Waals surface area (Å²) in [5.41, 5.74) is 1.42. The van der Waals surface area contributed by atoms with E-state index in [-0.39, 0.29) is 18.4 Å². The Morgan fingerprint density at radius 2 is 1.81 bits per heavy atom. The van der Waals surface area contributed by atoms with Crippen molar-refractivity contribution in [2.24, 2.45) is 11.8 Å². The standard InChI is InChI=1S/C20H28N2O4S/c1-12-8-13(2)10-22(9-12)17(24)11-26-20(25)18-15-6-4-5-7-16(15)27-19(18)21-14(3)23/h12-13H,4-11H2,1-3H3,(H,21,23)/t12-,13+. The number of hydrogen-bond donors (Lipinski definition) is 1. The second-order valence-corrected chi connectivity index (χ2v) is 9.02. The van der Waals surface area contributed by atoms with Crippen LogP contribution < -0.4 is 5.32 Å². The summed E-state index contributed by atoms with van der Waals surface area (Å²) in [6.07, 6.45) is 4.95. The molecule has 3 rings (SSSR count). The van der Waals surface area contributed by atoms with Gasteiger partial charge < -0.3 is 15.0 Å². The highest BCUT2D eigenvalue weighted by molar-refractivity contribution is 7.17. The summed E-state index contributed by atoms with van der Waals surface area (Å²) in [7, 11) is 0. The van der Waals surface area contributed by atoms with Crippen molar-refractivity contribution in [1.29, 1.82) is 0 Å². The van der Waals surface area contributed by atoms with E-state index in [1.54, 1.807) is 4.90 Å². The maximum Gasteiger partial charge on any atom is 0.341 e. The molecule has 0 bridgehead atoms. The zero-order chi connectivity index (χ0) is 19.6. The first-order valence-corrected chi connectivity index (χ1v) is 10.5. The molecule has 0 unspecified atom stereocenters. The normalized spacial score (nSPS) is 22.1. The molecule has 1 saturated heterocycles. The Labute approximate surface area is 164 Å². The molecule has 1 aliphatic carbocycles. The summed E-state index contributed by atoms with van der Waals surface area (Å²) in [5, 5.41) is 3.31.